The lowest BCUT2D eigenvalue weighted by molar-refractivity contribution is 0.243. The maximum atomic E-state index is 12.3. The number of carbonyl (C=O) groups is 1. The molecule has 2 N–H and O–H groups in total. The molecule has 1 aromatic carbocycles. The molecule has 1 fully saturated rings. The summed E-state index contributed by atoms with van der Waals surface area (Å²) < 4.78 is 5.43. The van der Waals surface area contributed by atoms with Gasteiger partial charge in [0.1, 0.15) is 6.33 Å². The number of likely N-dealkylation sites (tertiary alicyclic amines) is 1. The minimum absolute atomic E-state index is 0.0438. The van der Waals surface area contributed by atoms with Crippen molar-refractivity contribution in [2.24, 2.45) is 0 Å². The van der Waals surface area contributed by atoms with Crippen LogP contribution in [-0.4, -0.2) is 50.7 Å². The Morgan fingerprint density at radius 2 is 2.00 bits per heavy atom. The van der Waals surface area contributed by atoms with Gasteiger partial charge < -0.3 is 15.2 Å². The number of benzene rings is 1. The van der Waals surface area contributed by atoms with E-state index in [0.717, 1.165) is 0 Å². The third-order valence-electron chi connectivity index (χ3n) is 4.53. The van der Waals surface area contributed by atoms with Crippen molar-refractivity contribution in [1.82, 2.24) is 30.3 Å². The van der Waals surface area contributed by atoms with Gasteiger partial charge in [-0.25, -0.2) is 14.8 Å². The highest BCUT2D eigenvalue weighted by atomic mass is 35.5. The maximum absolute atomic E-state index is 12.3. The number of likely N-dealkylation sites (N-methyl/N-ethyl adjacent to an activating group) is 1. The number of nitrogens with one attached hydrogen (secondary N) is 2. The number of amides is 2. The van der Waals surface area contributed by atoms with Crippen LogP contribution < -0.4 is 10.6 Å². The first-order chi connectivity index (χ1) is 13.6. The van der Waals surface area contributed by atoms with Crippen molar-refractivity contribution in [3.63, 3.8) is 0 Å². The van der Waals surface area contributed by atoms with E-state index >= 15 is 0 Å². The summed E-state index contributed by atoms with van der Waals surface area (Å²) in [6.45, 7) is 0.671. The van der Waals surface area contributed by atoms with Crippen LogP contribution in [0.1, 0.15) is 18.4 Å². The third kappa shape index (κ3) is 4.10. The number of urea groups is 1. The third-order valence-corrected chi connectivity index (χ3v) is 4.78. The number of aromatic nitrogens is 4. The van der Waals surface area contributed by atoms with Crippen molar-refractivity contribution in [3.8, 4) is 11.4 Å². The molecule has 4 rings (SSSR count). The molecule has 0 bridgehead atoms. The largest absolute Gasteiger partial charge is 0.337 e. The number of rotatable bonds is 4. The highest BCUT2D eigenvalue weighted by molar-refractivity contribution is 6.30. The molecular formula is C18H18ClN7O2. The second-order valence-corrected chi connectivity index (χ2v) is 7.01. The van der Waals surface area contributed by atoms with Gasteiger partial charge in [0.25, 0.3) is 0 Å². The maximum Gasteiger partial charge on any atom is 0.319 e. The van der Waals surface area contributed by atoms with Gasteiger partial charge in [-0.3, -0.25) is 4.90 Å². The van der Waals surface area contributed by atoms with Crippen LogP contribution in [0.4, 0.5) is 10.5 Å². The second-order valence-electron chi connectivity index (χ2n) is 6.58. The van der Waals surface area contributed by atoms with E-state index in [1.54, 1.807) is 36.7 Å². The van der Waals surface area contributed by atoms with Crippen LogP contribution in [0.15, 0.2) is 47.5 Å². The molecule has 0 aliphatic carbocycles. The van der Waals surface area contributed by atoms with Crippen molar-refractivity contribution < 1.29 is 9.32 Å². The van der Waals surface area contributed by atoms with Crippen molar-refractivity contribution in [3.05, 3.63) is 53.9 Å². The molecule has 2 aromatic heterocycles. The Kier molecular flexibility index (Phi) is 5.18. The molecule has 0 spiro atoms. The van der Waals surface area contributed by atoms with Crippen LogP contribution in [0.3, 0.4) is 0 Å². The van der Waals surface area contributed by atoms with E-state index in [9.17, 15) is 4.79 Å². The molecular weight excluding hydrogens is 382 g/mol. The zero-order valence-corrected chi connectivity index (χ0v) is 15.8. The molecule has 2 atom stereocenters. The zero-order valence-electron chi connectivity index (χ0n) is 15.0. The molecule has 0 saturated carbocycles. The fourth-order valence-corrected chi connectivity index (χ4v) is 3.31. The number of hydrogen-bond donors (Lipinski definition) is 2. The molecule has 0 radical (unpaired) electrons. The molecule has 2 amide bonds. The standard InChI is InChI=1S/C18H18ClN7O2/c1-26-9-14(23-18(27)22-13-4-2-12(19)3-5-13)6-15(26)17-24-16(25-28-17)11-7-20-10-21-8-11/h2-5,7-8,10,14-15H,6,9H2,1H3,(H2,22,23,27)/t14-,15-/m0/s1. The van der Waals surface area contributed by atoms with Crippen LogP contribution >= 0.6 is 11.6 Å². The van der Waals surface area contributed by atoms with Crippen LogP contribution in [0.25, 0.3) is 11.4 Å². The van der Waals surface area contributed by atoms with Crippen molar-refractivity contribution in [2.45, 2.75) is 18.5 Å². The lowest BCUT2D eigenvalue weighted by atomic mass is 10.1. The van der Waals surface area contributed by atoms with E-state index in [-0.39, 0.29) is 18.1 Å². The number of hydrogen-bond acceptors (Lipinski definition) is 7. The van der Waals surface area contributed by atoms with E-state index in [0.29, 0.717) is 41.0 Å². The number of nitrogens with zero attached hydrogens (tertiary/aromatic N) is 5. The summed E-state index contributed by atoms with van der Waals surface area (Å²) in [6.07, 6.45) is 5.37. The van der Waals surface area contributed by atoms with E-state index in [2.05, 4.69) is 35.6 Å². The van der Waals surface area contributed by atoms with E-state index in [1.807, 2.05) is 7.05 Å². The Morgan fingerprint density at radius 3 is 2.75 bits per heavy atom. The quantitative estimate of drug-likeness (QED) is 0.694. The summed E-state index contributed by atoms with van der Waals surface area (Å²) in [7, 11) is 1.96. The summed E-state index contributed by atoms with van der Waals surface area (Å²) >= 11 is 5.86. The number of carbonyl (C=O) groups excluding carboxylic acids is 1. The summed E-state index contributed by atoms with van der Waals surface area (Å²) in [5.74, 6) is 0.949. The average Bonchev–Trinajstić information content (AvgIpc) is 3.31. The van der Waals surface area contributed by atoms with Gasteiger partial charge in [0.15, 0.2) is 0 Å². The average molecular weight is 400 g/mol. The molecule has 9 nitrogen and oxygen atoms in total. The van der Waals surface area contributed by atoms with Crippen LogP contribution in [0.5, 0.6) is 0 Å². The number of anilines is 1. The highest BCUT2D eigenvalue weighted by Crippen LogP contribution is 2.30. The van der Waals surface area contributed by atoms with Crippen molar-refractivity contribution in [2.75, 3.05) is 18.9 Å². The predicted molar refractivity (Wildman–Crippen MR) is 103 cm³/mol. The first kappa shape index (κ1) is 18.3. The van der Waals surface area contributed by atoms with Crippen molar-refractivity contribution >= 4 is 23.3 Å². The SMILES string of the molecule is CN1C[C@@H](NC(=O)Nc2ccc(Cl)cc2)C[C@H]1c1nc(-c2cncnc2)no1. The molecule has 144 valence electrons. The molecule has 1 aliphatic rings. The topological polar surface area (TPSA) is 109 Å². The molecule has 1 saturated heterocycles. The van der Waals surface area contributed by atoms with Gasteiger partial charge in [-0.2, -0.15) is 4.98 Å². The van der Waals surface area contributed by atoms with Crippen LogP contribution in [0, 0.1) is 0 Å². The van der Waals surface area contributed by atoms with E-state index in [1.165, 1.54) is 6.33 Å². The minimum atomic E-state index is -0.269. The first-order valence-electron chi connectivity index (χ1n) is 8.71. The summed E-state index contributed by atoms with van der Waals surface area (Å²) in [5, 5.41) is 10.4. The number of halogens is 1. The Balaban J connectivity index is 1.37. The predicted octanol–water partition coefficient (Wildman–Crippen LogP) is 2.75. The summed E-state index contributed by atoms with van der Waals surface area (Å²) in [6, 6.07) is 6.55. The van der Waals surface area contributed by atoms with E-state index < -0.39 is 0 Å². The van der Waals surface area contributed by atoms with Gasteiger partial charge in [-0.15, -0.1) is 0 Å². The zero-order chi connectivity index (χ0) is 19.5. The Morgan fingerprint density at radius 1 is 1.25 bits per heavy atom. The highest BCUT2D eigenvalue weighted by Gasteiger charge is 2.35. The summed E-state index contributed by atoms with van der Waals surface area (Å²) in [4.78, 5) is 26.7. The fourth-order valence-electron chi connectivity index (χ4n) is 3.18. The first-order valence-corrected chi connectivity index (χ1v) is 9.08. The van der Waals surface area contributed by atoms with Crippen LogP contribution in [-0.2, 0) is 0 Å². The van der Waals surface area contributed by atoms with Gasteiger partial charge >= 0.3 is 6.03 Å². The second kappa shape index (κ2) is 7.91. The van der Waals surface area contributed by atoms with Gasteiger partial charge in [0.05, 0.1) is 11.6 Å². The van der Waals surface area contributed by atoms with Crippen molar-refractivity contribution in [1.29, 1.82) is 0 Å². The molecule has 10 heteroatoms. The van der Waals surface area contributed by atoms with Gasteiger partial charge in [-0.05, 0) is 37.7 Å². The smallest absolute Gasteiger partial charge is 0.319 e. The minimum Gasteiger partial charge on any atom is -0.337 e. The lowest BCUT2D eigenvalue weighted by Gasteiger charge is -2.14. The lowest BCUT2D eigenvalue weighted by Crippen LogP contribution is -2.39. The molecule has 1 aliphatic heterocycles. The molecule has 0 unspecified atom stereocenters. The molecule has 3 heterocycles. The monoisotopic (exact) mass is 399 g/mol. The molecule has 3 aromatic rings. The van der Waals surface area contributed by atoms with Gasteiger partial charge in [0, 0.05) is 35.7 Å². The Labute approximate surface area is 166 Å². The Bertz CT molecular complexity index is 948. The Hall–Kier alpha value is -3.04. The van der Waals surface area contributed by atoms with Crippen LogP contribution in [0.2, 0.25) is 5.02 Å². The fraction of sp³-hybridized carbons (Fsp3) is 0.278. The van der Waals surface area contributed by atoms with Gasteiger partial charge in [0.2, 0.25) is 11.7 Å². The normalized spacial score (nSPS) is 19.5. The molecule has 28 heavy (non-hydrogen) atoms. The van der Waals surface area contributed by atoms with Gasteiger partial charge in [-0.1, -0.05) is 16.8 Å². The van der Waals surface area contributed by atoms with E-state index in [4.69, 9.17) is 16.1 Å². The summed E-state index contributed by atoms with van der Waals surface area (Å²) in [5.41, 5.74) is 1.37.